The van der Waals surface area contributed by atoms with Crippen molar-refractivity contribution >= 4 is 61.5 Å². The van der Waals surface area contributed by atoms with Gasteiger partial charge in [-0.1, -0.05) is 51.3 Å². The monoisotopic (exact) mass is 378 g/mol. The number of carbonyl (C=O) groups excluding carboxylic acids is 1. The number of aromatic nitrogens is 1. The quantitative estimate of drug-likeness (QED) is 0.790. The van der Waals surface area contributed by atoms with E-state index in [9.17, 15) is 4.79 Å². The standard InChI is InChI=1S/C12H9BrCl2N2OS/c1-6-9(7-2-4-8(13)5-3-7)16-12(19-6)17-11(18)10(14)15/h2-5,10H,1H3,(H,16,17,18). The Morgan fingerprint density at radius 3 is 2.58 bits per heavy atom. The molecule has 0 bridgehead atoms. The van der Waals surface area contributed by atoms with Crippen molar-refractivity contribution in [2.75, 3.05) is 5.32 Å². The van der Waals surface area contributed by atoms with Gasteiger partial charge in [-0.3, -0.25) is 10.1 Å². The molecule has 0 unspecified atom stereocenters. The molecule has 0 atom stereocenters. The number of benzene rings is 1. The van der Waals surface area contributed by atoms with Crippen molar-refractivity contribution in [3.63, 3.8) is 0 Å². The second-order valence-electron chi connectivity index (χ2n) is 3.72. The number of thiazole rings is 1. The van der Waals surface area contributed by atoms with Crippen LogP contribution < -0.4 is 5.32 Å². The number of amides is 1. The van der Waals surface area contributed by atoms with Crippen LogP contribution in [-0.2, 0) is 4.79 Å². The van der Waals surface area contributed by atoms with Crippen LogP contribution in [0.5, 0.6) is 0 Å². The lowest BCUT2D eigenvalue weighted by atomic mass is 10.1. The zero-order valence-electron chi connectivity index (χ0n) is 9.78. The lowest BCUT2D eigenvalue weighted by molar-refractivity contribution is -0.114. The molecule has 100 valence electrons. The summed E-state index contributed by atoms with van der Waals surface area (Å²) < 4.78 is 1.00. The molecule has 1 aromatic carbocycles. The molecular weight excluding hydrogens is 371 g/mol. The van der Waals surface area contributed by atoms with Crippen molar-refractivity contribution < 1.29 is 4.79 Å². The number of hydrogen-bond acceptors (Lipinski definition) is 3. The summed E-state index contributed by atoms with van der Waals surface area (Å²) in [5.74, 6) is -0.473. The second kappa shape index (κ2) is 6.22. The summed E-state index contributed by atoms with van der Waals surface area (Å²) in [4.78, 5) is 15.7. The highest BCUT2D eigenvalue weighted by molar-refractivity contribution is 9.10. The van der Waals surface area contributed by atoms with Crippen LogP contribution in [0.15, 0.2) is 28.7 Å². The Morgan fingerprint density at radius 1 is 1.37 bits per heavy atom. The number of anilines is 1. The Labute approximate surface area is 133 Å². The molecule has 0 aliphatic heterocycles. The molecule has 2 rings (SSSR count). The maximum absolute atomic E-state index is 11.4. The summed E-state index contributed by atoms with van der Waals surface area (Å²) in [7, 11) is 0. The van der Waals surface area contributed by atoms with E-state index >= 15 is 0 Å². The highest BCUT2D eigenvalue weighted by Crippen LogP contribution is 2.31. The predicted octanol–water partition coefficient (Wildman–Crippen LogP) is 4.62. The van der Waals surface area contributed by atoms with Crippen molar-refractivity contribution in [3.8, 4) is 11.3 Å². The third-order valence-electron chi connectivity index (χ3n) is 2.34. The SMILES string of the molecule is Cc1sc(NC(=O)C(Cl)Cl)nc1-c1ccc(Br)cc1. The van der Waals surface area contributed by atoms with Crippen LogP contribution in [0.2, 0.25) is 0 Å². The van der Waals surface area contributed by atoms with Crippen LogP contribution in [0.1, 0.15) is 4.88 Å². The van der Waals surface area contributed by atoms with Crippen LogP contribution >= 0.6 is 50.5 Å². The van der Waals surface area contributed by atoms with Gasteiger partial charge < -0.3 is 0 Å². The molecule has 19 heavy (non-hydrogen) atoms. The molecule has 1 aromatic heterocycles. The van der Waals surface area contributed by atoms with E-state index in [0.717, 1.165) is 20.6 Å². The van der Waals surface area contributed by atoms with E-state index in [1.807, 2.05) is 31.2 Å². The first kappa shape index (κ1) is 14.8. The Hall–Kier alpha value is -0.620. The average Bonchev–Trinajstić information content (AvgIpc) is 2.71. The summed E-state index contributed by atoms with van der Waals surface area (Å²) in [5.41, 5.74) is 1.83. The van der Waals surface area contributed by atoms with Gasteiger partial charge >= 0.3 is 0 Å². The molecule has 0 saturated heterocycles. The minimum absolute atomic E-state index is 0.473. The number of carbonyl (C=O) groups is 1. The van der Waals surface area contributed by atoms with Crippen molar-refractivity contribution in [1.29, 1.82) is 0 Å². The van der Waals surface area contributed by atoms with Gasteiger partial charge in [-0.05, 0) is 19.1 Å². The van der Waals surface area contributed by atoms with Gasteiger partial charge in [0.05, 0.1) is 5.69 Å². The minimum atomic E-state index is -1.10. The zero-order chi connectivity index (χ0) is 14.0. The fourth-order valence-corrected chi connectivity index (χ4v) is 2.70. The van der Waals surface area contributed by atoms with Crippen LogP contribution in [0, 0.1) is 6.92 Å². The Kier molecular flexibility index (Phi) is 4.84. The van der Waals surface area contributed by atoms with Crippen LogP contribution in [0.4, 0.5) is 5.13 Å². The van der Waals surface area contributed by atoms with E-state index in [0.29, 0.717) is 5.13 Å². The number of hydrogen-bond donors (Lipinski definition) is 1. The summed E-state index contributed by atoms with van der Waals surface area (Å²) >= 11 is 15.7. The van der Waals surface area contributed by atoms with E-state index in [1.165, 1.54) is 11.3 Å². The molecule has 0 saturated carbocycles. The minimum Gasteiger partial charge on any atom is -0.300 e. The van der Waals surface area contributed by atoms with Crippen LogP contribution in [-0.4, -0.2) is 15.7 Å². The van der Waals surface area contributed by atoms with Crippen molar-refractivity contribution in [2.45, 2.75) is 11.8 Å². The maximum Gasteiger partial charge on any atom is 0.259 e. The largest absolute Gasteiger partial charge is 0.300 e. The van der Waals surface area contributed by atoms with Gasteiger partial charge in [0.15, 0.2) is 9.97 Å². The zero-order valence-corrected chi connectivity index (χ0v) is 13.7. The predicted molar refractivity (Wildman–Crippen MR) is 84.1 cm³/mol. The maximum atomic E-state index is 11.4. The van der Waals surface area contributed by atoms with Crippen molar-refractivity contribution in [3.05, 3.63) is 33.6 Å². The highest BCUT2D eigenvalue weighted by atomic mass is 79.9. The molecule has 0 aliphatic carbocycles. The molecule has 0 radical (unpaired) electrons. The number of nitrogens with one attached hydrogen (secondary N) is 1. The average molecular weight is 380 g/mol. The molecule has 0 spiro atoms. The number of rotatable bonds is 3. The van der Waals surface area contributed by atoms with Gasteiger partial charge in [-0.25, -0.2) is 4.98 Å². The molecule has 1 heterocycles. The van der Waals surface area contributed by atoms with E-state index in [-0.39, 0.29) is 0 Å². The topological polar surface area (TPSA) is 42.0 Å². The van der Waals surface area contributed by atoms with E-state index < -0.39 is 10.7 Å². The van der Waals surface area contributed by atoms with Gasteiger partial charge in [-0.15, -0.1) is 11.3 Å². The van der Waals surface area contributed by atoms with Crippen molar-refractivity contribution in [1.82, 2.24) is 4.98 Å². The molecule has 0 aliphatic rings. The lowest BCUT2D eigenvalue weighted by Gasteiger charge is -2.00. The lowest BCUT2D eigenvalue weighted by Crippen LogP contribution is -2.18. The van der Waals surface area contributed by atoms with Gasteiger partial charge in [0.25, 0.3) is 5.91 Å². The first-order valence-corrected chi connectivity index (χ1v) is 7.78. The number of aryl methyl sites for hydroxylation is 1. The van der Waals surface area contributed by atoms with Crippen LogP contribution in [0.3, 0.4) is 0 Å². The number of halogens is 3. The molecular formula is C12H9BrCl2N2OS. The first-order chi connectivity index (χ1) is 8.97. The van der Waals surface area contributed by atoms with Gasteiger partial charge in [0, 0.05) is 14.9 Å². The fourth-order valence-electron chi connectivity index (χ4n) is 1.49. The number of alkyl halides is 2. The number of nitrogens with zero attached hydrogens (tertiary/aromatic N) is 1. The molecule has 1 N–H and O–H groups in total. The van der Waals surface area contributed by atoms with E-state index in [1.54, 1.807) is 0 Å². The third kappa shape index (κ3) is 3.69. The van der Waals surface area contributed by atoms with E-state index in [2.05, 4.69) is 26.2 Å². The summed E-state index contributed by atoms with van der Waals surface area (Å²) in [6, 6.07) is 7.81. The summed E-state index contributed by atoms with van der Waals surface area (Å²) in [6.45, 7) is 1.95. The highest BCUT2D eigenvalue weighted by Gasteiger charge is 2.15. The van der Waals surface area contributed by atoms with Gasteiger partial charge in [0.1, 0.15) is 0 Å². The normalized spacial score (nSPS) is 10.8. The smallest absolute Gasteiger partial charge is 0.259 e. The first-order valence-electron chi connectivity index (χ1n) is 5.30. The van der Waals surface area contributed by atoms with E-state index in [4.69, 9.17) is 23.2 Å². The Bertz CT molecular complexity index is 598. The molecule has 0 fully saturated rings. The molecule has 1 amide bonds. The molecule has 2 aromatic rings. The summed E-state index contributed by atoms with van der Waals surface area (Å²) in [6.07, 6.45) is 0. The Balaban J connectivity index is 2.26. The third-order valence-corrected chi connectivity index (χ3v) is 4.15. The van der Waals surface area contributed by atoms with Gasteiger partial charge in [0.2, 0.25) is 0 Å². The van der Waals surface area contributed by atoms with Crippen molar-refractivity contribution in [2.24, 2.45) is 0 Å². The molecule has 3 nitrogen and oxygen atoms in total. The fraction of sp³-hybridized carbons (Fsp3) is 0.167. The molecule has 7 heteroatoms. The second-order valence-corrected chi connectivity index (χ2v) is 6.94. The Morgan fingerprint density at radius 2 is 2.00 bits per heavy atom. The summed E-state index contributed by atoms with van der Waals surface area (Å²) in [5, 5.41) is 3.07. The van der Waals surface area contributed by atoms with Crippen LogP contribution in [0.25, 0.3) is 11.3 Å². The van der Waals surface area contributed by atoms with Gasteiger partial charge in [-0.2, -0.15) is 0 Å².